The summed E-state index contributed by atoms with van der Waals surface area (Å²) in [5, 5.41) is 44.4. The van der Waals surface area contributed by atoms with Crippen LogP contribution in [0.3, 0.4) is 0 Å². The van der Waals surface area contributed by atoms with Crippen LogP contribution in [-0.4, -0.2) is 92.4 Å². The molecule has 5 N–H and O–H groups in total. The molecule has 0 saturated carbocycles. The fraction of sp³-hybridized carbons (Fsp3) is 0.750. The first-order valence-corrected chi connectivity index (χ1v) is 12.3. The van der Waals surface area contributed by atoms with Gasteiger partial charge in [0.05, 0.1) is 45.5 Å². The van der Waals surface area contributed by atoms with Gasteiger partial charge in [0.15, 0.2) is 11.2 Å². The first-order valence-electron chi connectivity index (χ1n) is 12.3. The first-order chi connectivity index (χ1) is 17.7. The summed E-state index contributed by atoms with van der Waals surface area (Å²) in [6, 6.07) is 0. The average Bonchev–Trinajstić information content (AvgIpc) is 2.78. The second-order valence-corrected chi connectivity index (χ2v) is 8.50. The minimum absolute atomic E-state index is 0.118. The van der Waals surface area contributed by atoms with E-state index in [-0.39, 0.29) is 19.8 Å². The summed E-state index contributed by atoms with van der Waals surface area (Å²) < 4.78 is 14.9. The Hall–Kier alpha value is -3.26. The maximum atomic E-state index is 12.2. The van der Waals surface area contributed by atoms with Crippen LogP contribution in [0.25, 0.3) is 0 Å². The predicted molar refractivity (Wildman–Crippen MR) is 129 cm³/mol. The van der Waals surface area contributed by atoms with E-state index in [1.54, 1.807) is 0 Å². The van der Waals surface area contributed by atoms with Crippen LogP contribution in [-0.2, 0) is 43.0 Å². The Morgan fingerprint density at radius 1 is 0.553 bits per heavy atom. The highest BCUT2D eigenvalue weighted by atomic mass is 16.6. The summed E-state index contributed by atoms with van der Waals surface area (Å²) in [7, 11) is 0. The lowest BCUT2D eigenvalue weighted by atomic mass is 9.95. The first kappa shape index (κ1) is 36.9. The van der Waals surface area contributed by atoms with Gasteiger partial charge in [0.25, 0.3) is 0 Å². The SMILES string of the molecule is CCCCOC(=O)CC(O)(CC(=O)OCCCC)C(=O)OCCCC.O=C(O)CC(O)(CC(=O)O)C(=O)O. The maximum Gasteiger partial charge on any atom is 0.339 e. The lowest BCUT2D eigenvalue weighted by Crippen LogP contribution is -2.45. The molecule has 0 bridgehead atoms. The molecule has 14 heteroatoms. The van der Waals surface area contributed by atoms with E-state index in [9.17, 15) is 33.9 Å². The van der Waals surface area contributed by atoms with Crippen molar-refractivity contribution in [1.82, 2.24) is 0 Å². The zero-order valence-corrected chi connectivity index (χ0v) is 22.1. The third-order valence-electron chi connectivity index (χ3n) is 4.79. The summed E-state index contributed by atoms with van der Waals surface area (Å²) >= 11 is 0. The molecular weight excluding hydrogens is 512 g/mol. The highest BCUT2D eigenvalue weighted by Gasteiger charge is 2.43. The number of carboxylic acids is 3. The van der Waals surface area contributed by atoms with Gasteiger partial charge in [0, 0.05) is 0 Å². The number of aliphatic carboxylic acids is 3. The molecule has 0 heterocycles. The molecule has 38 heavy (non-hydrogen) atoms. The van der Waals surface area contributed by atoms with Crippen molar-refractivity contribution in [2.24, 2.45) is 0 Å². The quantitative estimate of drug-likeness (QED) is 0.0863. The average molecular weight is 553 g/mol. The fourth-order valence-electron chi connectivity index (χ4n) is 2.60. The molecule has 0 rings (SSSR count). The van der Waals surface area contributed by atoms with Crippen LogP contribution in [0.4, 0.5) is 0 Å². The number of rotatable bonds is 19. The molecule has 0 aromatic heterocycles. The molecule has 0 amide bonds. The zero-order valence-electron chi connectivity index (χ0n) is 22.1. The molecule has 0 aromatic rings. The molecule has 0 fully saturated rings. The smallest absolute Gasteiger partial charge is 0.339 e. The van der Waals surface area contributed by atoms with Gasteiger partial charge in [-0.2, -0.15) is 0 Å². The third kappa shape index (κ3) is 17.2. The summed E-state index contributed by atoms with van der Waals surface area (Å²) in [5.41, 5.74) is -5.00. The zero-order chi connectivity index (χ0) is 29.8. The van der Waals surface area contributed by atoms with Crippen LogP contribution in [0.1, 0.15) is 85.0 Å². The molecule has 0 spiro atoms. The summed E-state index contributed by atoms with van der Waals surface area (Å²) in [5.74, 6) is -7.51. The van der Waals surface area contributed by atoms with Crippen molar-refractivity contribution in [3.8, 4) is 0 Å². The lowest BCUT2D eigenvalue weighted by Gasteiger charge is -2.24. The maximum absolute atomic E-state index is 12.2. The summed E-state index contributed by atoms with van der Waals surface area (Å²) in [4.78, 5) is 66.4. The molecule has 0 saturated heterocycles. The number of carbonyl (C=O) groups is 6. The Morgan fingerprint density at radius 2 is 0.895 bits per heavy atom. The van der Waals surface area contributed by atoms with Crippen molar-refractivity contribution < 1.29 is 68.5 Å². The van der Waals surface area contributed by atoms with Gasteiger partial charge < -0.3 is 39.7 Å². The summed E-state index contributed by atoms with van der Waals surface area (Å²) in [6.07, 6.45) is 0.945. The van der Waals surface area contributed by atoms with E-state index in [0.29, 0.717) is 19.3 Å². The standard InChI is InChI=1S/C18H32O7.C6H8O7/c1-4-7-10-23-15(19)13-18(22,17(21)25-12-9-6-3)14-16(20)24-11-8-5-2;7-3(8)1-6(13,5(11)12)2-4(9)10/h22H,4-14H2,1-3H3;13H,1-2H2,(H,7,8)(H,9,10)(H,11,12). The topological polar surface area (TPSA) is 231 Å². The minimum atomic E-state index is -2.74. The van der Waals surface area contributed by atoms with Crippen LogP contribution < -0.4 is 0 Å². The van der Waals surface area contributed by atoms with Gasteiger partial charge in [-0.1, -0.05) is 40.0 Å². The minimum Gasteiger partial charge on any atom is -0.481 e. The second-order valence-electron chi connectivity index (χ2n) is 8.50. The number of ether oxygens (including phenoxy) is 3. The molecule has 0 unspecified atom stereocenters. The van der Waals surface area contributed by atoms with E-state index in [4.69, 9.17) is 34.6 Å². The monoisotopic (exact) mass is 552 g/mol. The lowest BCUT2D eigenvalue weighted by molar-refractivity contribution is -0.178. The van der Waals surface area contributed by atoms with Gasteiger partial charge in [-0.15, -0.1) is 0 Å². The van der Waals surface area contributed by atoms with Crippen LogP contribution in [0.15, 0.2) is 0 Å². The van der Waals surface area contributed by atoms with Crippen molar-refractivity contribution in [1.29, 1.82) is 0 Å². The van der Waals surface area contributed by atoms with Gasteiger partial charge in [0.2, 0.25) is 0 Å². The van der Waals surface area contributed by atoms with Crippen LogP contribution in [0.5, 0.6) is 0 Å². The van der Waals surface area contributed by atoms with E-state index < -0.39 is 72.7 Å². The Labute approximate surface area is 220 Å². The number of carbonyl (C=O) groups excluding carboxylic acids is 3. The van der Waals surface area contributed by atoms with Crippen LogP contribution in [0, 0.1) is 0 Å². The van der Waals surface area contributed by atoms with Crippen molar-refractivity contribution in [3.05, 3.63) is 0 Å². The van der Waals surface area contributed by atoms with E-state index in [1.807, 2.05) is 20.8 Å². The van der Waals surface area contributed by atoms with Crippen LogP contribution >= 0.6 is 0 Å². The molecule has 0 atom stereocenters. The number of aliphatic hydroxyl groups is 2. The Kier molecular flexibility index (Phi) is 19.2. The Bertz CT molecular complexity index is 736. The number of carboxylic acid groups (broad SMARTS) is 3. The van der Waals surface area contributed by atoms with E-state index >= 15 is 0 Å². The third-order valence-corrected chi connectivity index (χ3v) is 4.79. The summed E-state index contributed by atoms with van der Waals surface area (Å²) in [6.45, 7) is 6.35. The van der Waals surface area contributed by atoms with E-state index in [2.05, 4.69) is 0 Å². The molecule has 14 nitrogen and oxygen atoms in total. The highest BCUT2D eigenvalue weighted by molar-refractivity contribution is 5.90. The van der Waals surface area contributed by atoms with Crippen molar-refractivity contribution in [2.45, 2.75) is 96.2 Å². The molecule has 220 valence electrons. The Balaban J connectivity index is 0. The molecule has 0 aromatic carbocycles. The highest BCUT2D eigenvalue weighted by Crippen LogP contribution is 2.20. The largest absolute Gasteiger partial charge is 0.481 e. The molecule has 0 aliphatic rings. The number of unbranched alkanes of at least 4 members (excludes halogenated alkanes) is 3. The molecular formula is C24H40O14. The Morgan fingerprint density at radius 3 is 1.18 bits per heavy atom. The van der Waals surface area contributed by atoms with Gasteiger partial charge in [0.1, 0.15) is 0 Å². The van der Waals surface area contributed by atoms with Crippen LogP contribution in [0.2, 0.25) is 0 Å². The number of esters is 3. The van der Waals surface area contributed by atoms with Crippen molar-refractivity contribution >= 4 is 35.8 Å². The van der Waals surface area contributed by atoms with Gasteiger partial charge in [-0.25, -0.2) is 9.59 Å². The van der Waals surface area contributed by atoms with E-state index in [0.717, 1.165) is 19.3 Å². The van der Waals surface area contributed by atoms with Crippen molar-refractivity contribution in [2.75, 3.05) is 19.8 Å². The molecule has 0 aliphatic carbocycles. The predicted octanol–water partition coefficient (Wildman–Crippen LogP) is 1.28. The van der Waals surface area contributed by atoms with Crippen molar-refractivity contribution in [3.63, 3.8) is 0 Å². The van der Waals surface area contributed by atoms with Gasteiger partial charge in [-0.05, 0) is 19.3 Å². The van der Waals surface area contributed by atoms with Gasteiger partial charge in [-0.3, -0.25) is 19.2 Å². The normalized spacial score (nSPS) is 11.0. The fourth-order valence-corrected chi connectivity index (χ4v) is 2.60. The second kappa shape index (κ2) is 19.8. The molecule has 0 aliphatic heterocycles. The number of hydrogen-bond acceptors (Lipinski definition) is 11. The van der Waals surface area contributed by atoms with Gasteiger partial charge >= 0.3 is 35.8 Å². The number of hydrogen-bond donors (Lipinski definition) is 5. The van der Waals surface area contributed by atoms with E-state index in [1.165, 1.54) is 0 Å². The molecule has 0 radical (unpaired) electrons.